The number of nitrogens with zero attached hydrogens (tertiary/aromatic N) is 4. The minimum Gasteiger partial charge on any atom is -0.394 e. The van der Waals surface area contributed by atoms with Crippen molar-refractivity contribution in [3.05, 3.63) is 59.0 Å². The number of rotatable bonds is 8. The van der Waals surface area contributed by atoms with Crippen LogP contribution in [0.3, 0.4) is 0 Å². The highest BCUT2D eigenvalue weighted by atomic mass is 16.3. The van der Waals surface area contributed by atoms with Crippen LogP contribution in [0.15, 0.2) is 36.8 Å². The molecule has 9 heteroatoms. The van der Waals surface area contributed by atoms with E-state index in [1.54, 1.807) is 17.1 Å². The smallest absolute Gasteiger partial charge is 0.254 e. The summed E-state index contributed by atoms with van der Waals surface area (Å²) in [5.41, 5.74) is 9.78. The summed E-state index contributed by atoms with van der Waals surface area (Å²) < 4.78 is 1.60. The first-order valence-electron chi connectivity index (χ1n) is 8.84. The third-order valence-electron chi connectivity index (χ3n) is 4.35. The Morgan fingerprint density at radius 2 is 2.00 bits per heavy atom. The molecule has 0 saturated heterocycles. The molecule has 3 aromatic rings. The molecule has 0 atom stereocenters. The number of aliphatic hydroxyl groups excluding tert-OH is 1. The number of hydrogen-bond donors (Lipinski definition) is 4. The van der Waals surface area contributed by atoms with Crippen LogP contribution in [-0.2, 0) is 13.1 Å². The van der Waals surface area contributed by atoms with E-state index in [1.165, 1.54) is 6.20 Å². The molecule has 0 bridgehead atoms. The van der Waals surface area contributed by atoms with Gasteiger partial charge in [0.05, 0.1) is 30.6 Å². The van der Waals surface area contributed by atoms with E-state index in [2.05, 4.69) is 25.7 Å². The van der Waals surface area contributed by atoms with Gasteiger partial charge in [0.25, 0.3) is 5.91 Å². The predicted octanol–water partition coefficient (Wildman–Crippen LogP) is 1.74. The van der Waals surface area contributed by atoms with Crippen molar-refractivity contribution in [1.29, 1.82) is 0 Å². The van der Waals surface area contributed by atoms with Gasteiger partial charge in [-0.2, -0.15) is 10.1 Å². The molecule has 0 unspecified atom stereocenters. The molecule has 0 radical (unpaired) electrons. The fraction of sp³-hybridized carbons (Fsp3) is 0.263. The monoisotopic (exact) mass is 381 g/mol. The van der Waals surface area contributed by atoms with Crippen molar-refractivity contribution in [2.75, 3.05) is 17.2 Å². The molecule has 0 spiro atoms. The minimum absolute atomic E-state index is 0.00266. The summed E-state index contributed by atoms with van der Waals surface area (Å²) in [6, 6.07) is 6.08. The molecular weight excluding hydrogens is 358 g/mol. The number of hydrogen-bond acceptors (Lipinski definition) is 7. The van der Waals surface area contributed by atoms with Gasteiger partial charge in [-0.15, -0.1) is 0 Å². The van der Waals surface area contributed by atoms with Crippen molar-refractivity contribution in [1.82, 2.24) is 19.7 Å². The summed E-state index contributed by atoms with van der Waals surface area (Å²) in [6.45, 7) is 4.97. The SMILES string of the molecule is Cc1cccc(C)c1CNc1nc(Nc2cnn(CCO)c2)ncc1C(N)=O. The Bertz CT molecular complexity index is 964. The molecule has 3 rings (SSSR count). The summed E-state index contributed by atoms with van der Waals surface area (Å²) in [5, 5.41) is 19.3. The maximum Gasteiger partial charge on any atom is 0.254 e. The number of aromatic nitrogens is 4. The molecule has 2 heterocycles. The zero-order valence-corrected chi connectivity index (χ0v) is 15.8. The molecule has 2 aromatic heterocycles. The van der Waals surface area contributed by atoms with E-state index in [0.717, 1.165) is 16.7 Å². The first-order valence-corrected chi connectivity index (χ1v) is 8.84. The van der Waals surface area contributed by atoms with Crippen LogP contribution in [0.1, 0.15) is 27.0 Å². The van der Waals surface area contributed by atoms with Gasteiger partial charge in [0, 0.05) is 18.9 Å². The maximum absolute atomic E-state index is 11.8. The Labute approximate surface area is 162 Å². The Morgan fingerprint density at radius 3 is 2.68 bits per heavy atom. The first-order chi connectivity index (χ1) is 13.5. The molecule has 0 fully saturated rings. The fourth-order valence-corrected chi connectivity index (χ4v) is 2.84. The van der Waals surface area contributed by atoms with E-state index < -0.39 is 5.91 Å². The number of aryl methyl sites for hydroxylation is 2. The Hall–Kier alpha value is -3.46. The van der Waals surface area contributed by atoms with Gasteiger partial charge in [0.2, 0.25) is 5.95 Å². The summed E-state index contributed by atoms with van der Waals surface area (Å²) in [6.07, 6.45) is 4.72. The number of amides is 1. The van der Waals surface area contributed by atoms with Crippen molar-refractivity contribution in [3.8, 4) is 0 Å². The molecule has 0 aliphatic heterocycles. The number of benzene rings is 1. The lowest BCUT2D eigenvalue weighted by Gasteiger charge is -2.14. The number of carbonyl (C=O) groups excluding carboxylic acids is 1. The molecule has 1 aromatic carbocycles. The van der Waals surface area contributed by atoms with Gasteiger partial charge in [0.1, 0.15) is 5.82 Å². The highest BCUT2D eigenvalue weighted by Gasteiger charge is 2.13. The van der Waals surface area contributed by atoms with Crippen LogP contribution in [-0.4, -0.2) is 37.4 Å². The van der Waals surface area contributed by atoms with Crippen molar-refractivity contribution in [2.45, 2.75) is 26.9 Å². The quantitative estimate of drug-likeness (QED) is 0.467. The number of nitrogens with one attached hydrogen (secondary N) is 2. The van der Waals surface area contributed by atoms with E-state index in [-0.39, 0.29) is 12.2 Å². The van der Waals surface area contributed by atoms with Gasteiger partial charge in [-0.3, -0.25) is 9.48 Å². The Kier molecular flexibility index (Phi) is 5.85. The lowest BCUT2D eigenvalue weighted by Crippen LogP contribution is -2.17. The molecule has 0 aliphatic rings. The molecule has 9 nitrogen and oxygen atoms in total. The molecule has 5 N–H and O–H groups in total. The van der Waals surface area contributed by atoms with E-state index in [9.17, 15) is 4.79 Å². The van der Waals surface area contributed by atoms with Gasteiger partial charge in [-0.1, -0.05) is 18.2 Å². The average molecular weight is 381 g/mol. The average Bonchev–Trinajstić information content (AvgIpc) is 3.08. The van der Waals surface area contributed by atoms with Crippen molar-refractivity contribution in [2.24, 2.45) is 5.73 Å². The second-order valence-electron chi connectivity index (χ2n) is 6.38. The van der Waals surface area contributed by atoms with Crippen LogP contribution in [0.4, 0.5) is 17.5 Å². The molecule has 0 aliphatic carbocycles. The standard InChI is InChI=1S/C19H23N7O2/c1-12-4-3-5-13(2)15(12)9-21-18-16(17(20)28)10-22-19(25-18)24-14-8-23-26(11-14)6-7-27/h3-5,8,10-11,27H,6-7,9H2,1-2H3,(H2,20,28)(H2,21,22,24,25). The van der Waals surface area contributed by atoms with Crippen molar-refractivity contribution < 1.29 is 9.90 Å². The lowest BCUT2D eigenvalue weighted by molar-refractivity contribution is 0.100. The predicted molar refractivity (Wildman–Crippen MR) is 106 cm³/mol. The molecule has 28 heavy (non-hydrogen) atoms. The largest absolute Gasteiger partial charge is 0.394 e. The summed E-state index contributed by atoms with van der Waals surface area (Å²) in [5.74, 6) is 0.0549. The van der Waals surface area contributed by atoms with Crippen molar-refractivity contribution in [3.63, 3.8) is 0 Å². The normalized spacial score (nSPS) is 10.7. The van der Waals surface area contributed by atoms with E-state index in [1.807, 2.05) is 32.0 Å². The Morgan fingerprint density at radius 1 is 1.25 bits per heavy atom. The van der Waals surface area contributed by atoms with Crippen LogP contribution in [0.2, 0.25) is 0 Å². The van der Waals surface area contributed by atoms with Crippen LogP contribution in [0, 0.1) is 13.8 Å². The lowest BCUT2D eigenvalue weighted by atomic mass is 10.0. The molecule has 146 valence electrons. The number of anilines is 3. The number of carbonyl (C=O) groups is 1. The summed E-state index contributed by atoms with van der Waals surface area (Å²) >= 11 is 0. The van der Waals surface area contributed by atoms with E-state index >= 15 is 0 Å². The molecular formula is C19H23N7O2. The second kappa shape index (κ2) is 8.49. The highest BCUT2D eigenvalue weighted by Crippen LogP contribution is 2.20. The van der Waals surface area contributed by atoms with Gasteiger partial charge in [-0.05, 0) is 30.5 Å². The van der Waals surface area contributed by atoms with Crippen LogP contribution >= 0.6 is 0 Å². The number of primary amides is 1. The van der Waals surface area contributed by atoms with Gasteiger partial charge in [0.15, 0.2) is 0 Å². The molecule has 0 saturated carbocycles. The van der Waals surface area contributed by atoms with E-state index in [0.29, 0.717) is 30.5 Å². The second-order valence-corrected chi connectivity index (χ2v) is 6.38. The first kappa shape index (κ1) is 19.3. The third-order valence-corrected chi connectivity index (χ3v) is 4.35. The van der Waals surface area contributed by atoms with Gasteiger partial charge in [-0.25, -0.2) is 4.98 Å². The van der Waals surface area contributed by atoms with Crippen LogP contribution in [0.25, 0.3) is 0 Å². The summed E-state index contributed by atoms with van der Waals surface area (Å²) in [7, 11) is 0. The van der Waals surface area contributed by atoms with E-state index in [4.69, 9.17) is 10.8 Å². The van der Waals surface area contributed by atoms with Gasteiger partial charge < -0.3 is 21.5 Å². The van der Waals surface area contributed by atoms with Crippen LogP contribution in [0.5, 0.6) is 0 Å². The van der Waals surface area contributed by atoms with Crippen LogP contribution < -0.4 is 16.4 Å². The third kappa shape index (κ3) is 4.44. The highest BCUT2D eigenvalue weighted by molar-refractivity contribution is 5.97. The maximum atomic E-state index is 11.8. The Balaban J connectivity index is 1.82. The fourth-order valence-electron chi connectivity index (χ4n) is 2.84. The summed E-state index contributed by atoms with van der Waals surface area (Å²) in [4.78, 5) is 20.3. The minimum atomic E-state index is -0.605. The van der Waals surface area contributed by atoms with Gasteiger partial charge >= 0.3 is 0 Å². The zero-order valence-electron chi connectivity index (χ0n) is 15.8. The zero-order chi connectivity index (χ0) is 20.1. The van der Waals surface area contributed by atoms with Crippen molar-refractivity contribution >= 4 is 23.4 Å². The molecule has 1 amide bonds. The number of aliphatic hydroxyl groups is 1. The topological polar surface area (TPSA) is 131 Å². The number of nitrogens with two attached hydrogens (primary N) is 1.